The molecule has 0 rings (SSSR count). The average Bonchev–Trinajstić information content (AvgIpc) is 2.67. The van der Waals surface area contributed by atoms with E-state index < -0.39 is 42.3 Å². The van der Waals surface area contributed by atoms with Crippen molar-refractivity contribution < 1.29 is 28.0 Å². The Bertz CT molecular complexity index is 513. The van der Waals surface area contributed by atoms with Gasteiger partial charge in [0, 0.05) is 0 Å². The van der Waals surface area contributed by atoms with Crippen LogP contribution in [0.1, 0.15) is 40.0 Å². The minimum atomic E-state index is -2.59. The van der Waals surface area contributed by atoms with Crippen LogP contribution in [0.3, 0.4) is 0 Å². The van der Waals surface area contributed by atoms with Gasteiger partial charge >= 0.3 is 26.5 Å². The summed E-state index contributed by atoms with van der Waals surface area (Å²) in [5.41, 5.74) is 0. The molecule has 0 fully saturated rings. The van der Waals surface area contributed by atoms with Gasteiger partial charge in [0.25, 0.3) is 0 Å². The van der Waals surface area contributed by atoms with Crippen molar-refractivity contribution in [2.24, 2.45) is 0 Å². The van der Waals surface area contributed by atoms with Gasteiger partial charge < -0.3 is 13.6 Å². The maximum atomic E-state index is 12.1. The fourth-order valence-corrected chi connectivity index (χ4v) is 3.25. The van der Waals surface area contributed by atoms with Crippen LogP contribution < -0.4 is 0 Å². The highest BCUT2D eigenvalue weighted by Gasteiger charge is 2.33. The van der Waals surface area contributed by atoms with Gasteiger partial charge in [-0.15, -0.1) is 0 Å². The SMILES string of the molecule is CC=CCC(S)C(=O)OP(OC(=O)C(S)CC=CC)OC(=O)C(S)CC=CC. The minimum absolute atomic E-state index is 0.316. The van der Waals surface area contributed by atoms with Crippen LogP contribution in [0.4, 0.5) is 0 Å². The summed E-state index contributed by atoms with van der Waals surface area (Å²) < 4.78 is 15.3. The number of thiol groups is 3. The molecule has 0 spiro atoms. The van der Waals surface area contributed by atoms with Gasteiger partial charge in [-0.05, 0) is 40.0 Å². The van der Waals surface area contributed by atoms with Gasteiger partial charge in [-0.3, -0.25) is 14.4 Å². The van der Waals surface area contributed by atoms with E-state index in [4.69, 9.17) is 13.6 Å². The molecule has 0 radical (unpaired) electrons. The molecule has 158 valence electrons. The van der Waals surface area contributed by atoms with Crippen LogP contribution in [0.15, 0.2) is 36.5 Å². The van der Waals surface area contributed by atoms with Gasteiger partial charge in [-0.2, -0.15) is 37.9 Å². The lowest BCUT2D eigenvalue weighted by Gasteiger charge is -2.19. The van der Waals surface area contributed by atoms with Gasteiger partial charge in [0.1, 0.15) is 15.7 Å². The molecule has 6 nitrogen and oxygen atoms in total. The molecule has 0 aromatic heterocycles. The summed E-state index contributed by atoms with van der Waals surface area (Å²) in [6.07, 6.45) is 11.4. The molecule has 3 unspecified atom stereocenters. The second-order valence-electron chi connectivity index (χ2n) is 5.42. The van der Waals surface area contributed by atoms with Crippen molar-refractivity contribution in [1.29, 1.82) is 0 Å². The van der Waals surface area contributed by atoms with Crippen molar-refractivity contribution in [3.05, 3.63) is 36.5 Å². The zero-order valence-electron chi connectivity index (χ0n) is 16.1. The predicted molar refractivity (Wildman–Crippen MR) is 122 cm³/mol. The van der Waals surface area contributed by atoms with Gasteiger partial charge in [0.05, 0.1) is 0 Å². The average molecular weight is 467 g/mol. The van der Waals surface area contributed by atoms with E-state index in [2.05, 4.69) is 37.9 Å². The van der Waals surface area contributed by atoms with E-state index in [-0.39, 0.29) is 0 Å². The Morgan fingerprint density at radius 3 is 1.14 bits per heavy atom. The van der Waals surface area contributed by atoms with Gasteiger partial charge in [-0.25, -0.2) is 0 Å². The first-order chi connectivity index (χ1) is 13.3. The molecule has 10 heteroatoms. The minimum Gasteiger partial charge on any atom is -0.374 e. The van der Waals surface area contributed by atoms with Crippen LogP contribution in [-0.4, -0.2) is 33.7 Å². The highest BCUT2D eigenvalue weighted by atomic mass is 32.1. The Labute approximate surface area is 184 Å². The van der Waals surface area contributed by atoms with Gasteiger partial charge in [0.15, 0.2) is 0 Å². The highest BCUT2D eigenvalue weighted by Crippen LogP contribution is 2.42. The zero-order chi connectivity index (χ0) is 21.5. The quantitative estimate of drug-likeness (QED) is 0.221. The Morgan fingerprint density at radius 2 is 0.929 bits per heavy atom. The first kappa shape index (κ1) is 27.1. The second kappa shape index (κ2) is 16.0. The van der Waals surface area contributed by atoms with E-state index in [0.717, 1.165) is 0 Å². The fraction of sp³-hybridized carbons (Fsp3) is 0.500. The molecule has 0 saturated heterocycles. The van der Waals surface area contributed by atoms with Gasteiger partial charge in [0.2, 0.25) is 0 Å². The monoisotopic (exact) mass is 466 g/mol. The summed E-state index contributed by atoms with van der Waals surface area (Å²) in [7, 11) is -2.59. The molecule has 0 amide bonds. The molecule has 28 heavy (non-hydrogen) atoms. The molecular weight excluding hydrogens is 439 g/mol. The van der Waals surface area contributed by atoms with Gasteiger partial charge in [-0.1, -0.05) is 36.5 Å². The fourth-order valence-electron chi connectivity index (χ4n) is 1.54. The highest BCUT2D eigenvalue weighted by molar-refractivity contribution is 7.82. The second-order valence-corrected chi connectivity index (χ2v) is 8.28. The largest absolute Gasteiger partial charge is 0.537 e. The topological polar surface area (TPSA) is 78.9 Å². The van der Waals surface area contributed by atoms with E-state index in [1.807, 2.05) is 0 Å². The molecule has 0 aromatic rings. The third-order valence-electron chi connectivity index (χ3n) is 3.09. The predicted octanol–water partition coefficient (Wildman–Crippen LogP) is 4.64. The van der Waals surface area contributed by atoms with E-state index in [1.54, 1.807) is 57.2 Å². The molecule has 0 N–H and O–H groups in total. The number of carbonyl (C=O) groups is 3. The number of allylic oxidation sites excluding steroid dienone is 6. The van der Waals surface area contributed by atoms with Crippen molar-refractivity contribution in [1.82, 2.24) is 0 Å². The lowest BCUT2D eigenvalue weighted by atomic mass is 10.3. The molecule has 0 aliphatic carbocycles. The first-order valence-electron chi connectivity index (χ1n) is 8.59. The van der Waals surface area contributed by atoms with Crippen molar-refractivity contribution in [3.8, 4) is 0 Å². The smallest absolute Gasteiger partial charge is 0.374 e. The maximum absolute atomic E-state index is 12.1. The molecule has 0 saturated carbocycles. The summed E-state index contributed by atoms with van der Waals surface area (Å²) in [6.45, 7) is 5.41. The van der Waals surface area contributed by atoms with Crippen LogP contribution in [0.5, 0.6) is 0 Å². The molecule has 0 heterocycles. The van der Waals surface area contributed by atoms with E-state index >= 15 is 0 Å². The molecule has 0 aliphatic heterocycles. The van der Waals surface area contributed by atoms with Crippen molar-refractivity contribution in [3.63, 3.8) is 0 Å². The molecule has 0 aliphatic rings. The normalized spacial score (nSPS) is 16.1. The van der Waals surface area contributed by atoms with Crippen LogP contribution >= 0.6 is 46.5 Å². The summed E-state index contributed by atoms with van der Waals surface area (Å²) in [5, 5.41) is -2.37. The van der Waals surface area contributed by atoms with Crippen molar-refractivity contribution >= 4 is 64.4 Å². The molecular formula is C18H27O6PS3. The number of hydrogen-bond acceptors (Lipinski definition) is 9. The van der Waals surface area contributed by atoms with Crippen LogP contribution in [-0.2, 0) is 28.0 Å². The maximum Gasteiger partial charge on any atom is 0.537 e. The Kier molecular flexibility index (Phi) is 15.5. The Morgan fingerprint density at radius 1 is 0.679 bits per heavy atom. The van der Waals surface area contributed by atoms with Crippen LogP contribution in [0.2, 0.25) is 0 Å². The summed E-state index contributed by atoms with van der Waals surface area (Å²) in [6, 6.07) is 0. The molecule has 0 bridgehead atoms. The summed E-state index contributed by atoms with van der Waals surface area (Å²) in [5.74, 6) is -2.29. The van der Waals surface area contributed by atoms with E-state index in [9.17, 15) is 14.4 Å². The third-order valence-corrected chi connectivity index (χ3v) is 5.35. The summed E-state index contributed by atoms with van der Waals surface area (Å²) >= 11 is 12.4. The number of hydrogen-bond donors (Lipinski definition) is 3. The van der Waals surface area contributed by atoms with Crippen LogP contribution in [0, 0.1) is 0 Å². The van der Waals surface area contributed by atoms with Crippen molar-refractivity contribution in [2.45, 2.75) is 55.8 Å². The lowest BCUT2D eigenvalue weighted by Crippen LogP contribution is -2.23. The third kappa shape index (κ3) is 11.8. The first-order valence-corrected chi connectivity index (χ1v) is 11.2. The Balaban J connectivity index is 5.11. The lowest BCUT2D eigenvalue weighted by molar-refractivity contribution is -0.141. The molecule has 0 aromatic carbocycles. The van der Waals surface area contributed by atoms with Crippen molar-refractivity contribution in [2.75, 3.05) is 0 Å². The van der Waals surface area contributed by atoms with E-state index in [1.165, 1.54) is 0 Å². The van der Waals surface area contributed by atoms with E-state index in [0.29, 0.717) is 19.3 Å². The van der Waals surface area contributed by atoms with Crippen LogP contribution in [0.25, 0.3) is 0 Å². The number of rotatable bonds is 12. The summed E-state index contributed by atoms with van der Waals surface area (Å²) in [4.78, 5) is 36.4. The molecule has 3 atom stereocenters. The zero-order valence-corrected chi connectivity index (χ0v) is 19.6. The standard InChI is InChI=1S/C18H27O6PS3/c1-4-7-10-13(26)16(19)22-25(23-17(20)14(27)11-8-5-2)24-18(21)15(28)12-9-6-3/h4-9,13-15,26-28H,10-12H2,1-3H3. The Hall–Kier alpha value is -0.890. The number of carbonyl (C=O) groups excluding carboxylic acids is 3.